The maximum Gasteiger partial charge on any atom is 0.316 e. The minimum atomic E-state index is -0.364. The van der Waals surface area contributed by atoms with E-state index < -0.39 is 0 Å². The Labute approximate surface area is 103 Å². The molecule has 0 bridgehead atoms. The van der Waals surface area contributed by atoms with Gasteiger partial charge in [-0.1, -0.05) is 18.6 Å². The largest absolute Gasteiger partial charge is 0.468 e. The Kier molecular flexibility index (Phi) is 2.98. The zero-order valence-electron chi connectivity index (χ0n) is 11.1. The van der Waals surface area contributed by atoms with Gasteiger partial charge in [0.1, 0.15) is 0 Å². The average molecular weight is 232 g/mol. The molecule has 92 valence electrons. The minimum Gasteiger partial charge on any atom is -0.468 e. The quantitative estimate of drug-likeness (QED) is 0.732. The van der Waals surface area contributed by atoms with Gasteiger partial charge in [-0.2, -0.15) is 0 Å². The lowest BCUT2D eigenvalue weighted by molar-refractivity contribution is -0.151. The van der Waals surface area contributed by atoms with E-state index in [2.05, 4.69) is 32.9 Å². The number of ether oxygens (including phenoxy) is 1. The van der Waals surface area contributed by atoms with Crippen molar-refractivity contribution in [2.24, 2.45) is 0 Å². The molecule has 2 rings (SSSR count). The summed E-state index contributed by atoms with van der Waals surface area (Å²) in [4.78, 5) is 12.0. The Hall–Kier alpha value is -1.31. The van der Waals surface area contributed by atoms with Gasteiger partial charge < -0.3 is 4.74 Å². The number of esters is 1. The van der Waals surface area contributed by atoms with E-state index in [1.165, 1.54) is 29.4 Å². The lowest BCUT2D eigenvalue weighted by atomic mass is 9.63. The SMILES string of the molecule is COC(=O)C1(c2cc(C)c(C)cc2C)CCC1. The number of aryl methyl sites for hydroxylation is 3. The number of carbonyl (C=O) groups is 1. The van der Waals surface area contributed by atoms with Crippen LogP contribution >= 0.6 is 0 Å². The van der Waals surface area contributed by atoms with Crippen LogP contribution in [0.2, 0.25) is 0 Å². The minimum absolute atomic E-state index is 0.0740. The van der Waals surface area contributed by atoms with E-state index in [-0.39, 0.29) is 11.4 Å². The maximum absolute atomic E-state index is 12.0. The van der Waals surface area contributed by atoms with Gasteiger partial charge in [-0.15, -0.1) is 0 Å². The number of carbonyl (C=O) groups excluding carboxylic acids is 1. The van der Waals surface area contributed by atoms with Gasteiger partial charge in [0, 0.05) is 0 Å². The van der Waals surface area contributed by atoms with Crippen LogP contribution in [0, 0.1) is 20.8 Å². The van der Waals surface area contributed by atoms with E-state index in [1.54, 1.807) is 0 Å². The highest BCUT2D eigenvalue weighted by atomic mass is 16.5. The van der Waals surface area contributed by atoms with Gasteiger partial charge >= 0.3 is 5.97 Å². The molecular weight excluding hydrogens is 212 g/mol. The monoisotopic (exact) mass is 232 g/mol. The van der Waals surface area contributed by atoms with Gasteiger partial charge in [0.2, 0.25) is 0 Å². The Balaban J connectivity index is 2.52. The van der Waals surface area contributed by atoms with Crippen LogP contribution in [0.3, 0.4) is 0 Å². The molecule has 1 saturated carbocycles. The van der Waals surface area contributed by atoms with Crippen molar-refractivity contribution in [2.75, 3.05) is 7.11 Å². The third-order valence-corrected chi connectivity index (χ3v) is 4.14. The topological polar surface area (TPSA) is 26.3 Å². The fourth-order valence-electron chi connectivity index (χ4n) is 2.79. The Morgan fingerprint density at radius 3 is 2.18 bits per heavy atom. The number of benzene rings is 1. The van der Waals surface area contributed by atoms with Gasteiger partial charge in [-0.3, -0.25) is 4.79 Å². The maximum atomic E-state index is 12.0. The highest BCUT2D eigenvalue weighted by Gasteiger charge is 2.47. The van der Waals surface area contributed by atoms with Gasteiger partial charge in [0.15, 0.2) is 0 Å². The van der Waals surface area contributed by atoms with Gasteiger partial charge in [0.25, 0.3) is 0 Å². The van der Waals surface area contributed by atoms with Gasteiger partial charge in [-0.05, 0) is 55.9 Å². The third kappa shape index (κ3) is 1.76. The molecule has 0 heterocycles. The van der Waals surface area contributed by atoms with E-state index >= 15 is 0 Å². The predicted molar refractivity (Wildman–Crippen MR) is 68.2 cm³/mol. The molecule has 0 aromatic heterocycles. The number of rotatable bonds is 2. The molecule has 0 aliphatic heterocycles. The van der Waals surface area contributed by atoms with E-state index in [9.17, 15) is 4.79 Å². The van der Waals surface area contributed by atoms with Crippen molar-refractivity contribution in [3.05, 3.63) is 34.4 Å². The van der Waals surface area contributed by atoms with E-state index in [0.717, 1.165) is 19.3 Å². The van der Waals surface area contributed by atoms with Crippen LogP contribution in [0.5, 0.6) is 0 Å². The van der Waals surface area contributed by atoms with Crippen molar-refractivity contribution in [2.45, 2.75) is 45.4 Å². The molecule has 0 radical (unpaired) electrons. The van der Waals surface area contributed by atoms with Crippen LogP contribution in [0.15, 0.2) is 12.1 Å². The third-order valence-electron chi connectivity index (χ3n) is 4.14. The summed E-state index contributed by atoms with van der Waals surface area (Å²) in [6.45, 7) is 6.30. The molecule has 1 aromatic rings. The molecule has 1 fully saturated rings. The first-order valence-corrected chi connectivity index (χ1v) is 6.18. The van der Waals surface area contributed by atoms with E-state index in [0.29, 0.717) is 0 Å². The summed E-state index contributed by atoms with van der Waals surface area (Å²) >= 11 is 0. The number of hydrogen-bond donors (Lipinski definition) is 0. The van der Waals surface area contributed by atoms with Gasteiger partial charge in [-0.25, -0.2) is 0 Å². The fourth-order valence-corrected chi connectivity index (χ4v) is 2.79. The van der Waals surface area contributed by atoms with Crippen molar-refractivity contribution in [3.8, 4) is 0 Å². The molecule has 0 N–H and O–H groups in total. The second-order valence-electron chi connectivity index (χ2n) is 5.18. The summed E-state index contributed by atoms with van der Waals surface area (Å²) in [5.41, 5.74) is 4.54. The van der Waals surface area contributed by atoms with Crippen LogP contribution in [0.4, 0.5) is 0 Å². The molecule has 1 aromatic carbocycles. The van der Waals surface area contributed by atoms with Crippen LogP contribution in [-0.4, -0.2) is 13.1 Å². The molecule has 0 spiro atoms. The van der Waals surface area contributed by atoms with Crippen molar-refractivity contribution in [3.63, 3.8) is 0 Å². The van der Waals surface area contributed by atoms with E-state index in [1.807, 2.05) is 0 Å². The van der Waals surface area contributed by atoms with Crippen LogP contribution in [0.25, 0.3) is 0 Å². The van der Waals surface area contributed by atoms with Crippen molar-refractivity contribution in [1.29, 1.82) is 0 Å². The normalized spacial score (nSPS) is 17.4. The molecule has 2 nitrogen and oxygen atoms in total. The molecule has 0 atom stereocenters. The van der Waals surface area contributed by atoms with E-state index in [4.69, 9.17) is 4.74 Å². The summed E-state index contributed by atoms with van der Waals surface area (Å²) < 4.78 is 5.00. The zero-order chi connectivity index (χ0) is 12.6. The smallest absolute Gasteiger partial charge is 0.316 e. The lowest BCUT2D eigenvalue weighted by Gasteiger charge is -2.40. The molecule has 2 heteroatoms. The molecule has 0 unspecified atom stereocenters. The van der Waals surface area contributed by atoms with Crippen LogP contribution in [0.1, 0.15) is 41.5 Å². The molecule has 0 saturated heterocycles. The number of hydrogen-bond acceptors (Lipinski definition) is 2. The summed E-state index contributed by atoms with van der Waals surface area (Å²) in [7, 11) is 1.48. The highest BCUT2D eigenvalue weighted by Crippen LogP contribution is 2.46. The average Bonchev–Trinajstić information content (AvgIpc) is 2.23. The lowest BCUT2D eigenvalue weighted by Crippen LogP contribution is -2.43. The first-order chi connectivity index (χ1) is 8.01. The molecular formula is C15H20O2. The van der Waals surface area contributed by atoms with Crippen molar-refractivity contribution < 1.29 is 9.53 Å². The number of methoxy groups -OCH3 is 1. The Morgan fingerprint density at radius 1 is 1.12 bits per heavy atom. The Morgan fingerprint density at radius 2 is 1.71 bits per heavy atom. The summed E-state index contributed by atoms with van der Waals surface area (Å²) in [5.74, 6) is -0.0740. The standard InChI is InChI=1S/C15H20O2/c1-10-8-12(3)13(9-11(10)2)15(6-5-7-15)14(16)17-4/h8-9H,5-7H2,1-4H3. The van der Waals surface area contributed by atoms with Gasteiger partial charge in [0.05, 0.1) is 12.5 Å². The summed E-state index contributed by atoms with van der Waals surface area (Å²) in [5, 5.41) is 0. The first kappa shape index (κ1) is 12.2. The van der Waals surface area contributed by atoms with Crippen LogP contribution < -0.4 is 0 Å². The predicted octanol–water partition coefficient (Wildman–Crippen LogP) is 3.21. The molecule has 17 heavy (non-hydrogen) atoms. The molecule has 0 amide bonds. The van der Waals surface area contributed by atoms with Crippen molar-refractivity contribution >= 4 is 5.97 Å². The molecule has 1 aliphatic rings. The van der Waals surface area contributed by atoms with Crippen LogP contribution in [-0.2, 0) is 14.9 Å². The first-order valence-electron chi connectivity index (χ1n) is 6.18. The Bertz CT molecular complexity index is 456. The summed E-state index contributed by atoms with van der Waals surface area (Å²) in [6.07, 6.45) is 2.95. The second kappa shape index (κ2) is 4.17. The second-order valence-corrected chi connectivity index (χ2v) is 5.18. The zero-order valence-corrected chi connectivity index (χ0v) is 11.1. The fraction of sp³-hybridized carbons (Fsp3) is 0.533. The molecule has 1 aliphatic carbocycles. The highest BCUT2D eigenvalue weighted by molar-refractivity contribution is 5.85. The van der Waals surface area contributed by atoms with Crippen molar-refractivity contribution in [1.82, 2.24) is 0 Å². The summed E-state index contributed by atoms with van der Waals surface area (Å²) in [6, 6.07) is 4.34.